The van der Waals surface area contributed by atoms with E-state index >= 15 is 0 Å². The maximum Gasteiger partial charge on any atom is 0.158 e. The molecule has 102 valence electrons. The molecular weight excluding hydrogens is 232 g/mol. The van der Waals surface area contributed by atoms with Gasteiger partial charge in [0.25, 0.3) is 0 Å². The zero-order valence-corrected chi connectivity index (χ0v) is 11.4. The first-order chi connectivity index (χ1) is 8.60. The molecule has 2 unspecified atom stereocenters. The number of ether oxygens (including phenoxy) is 1. The number of aliphatic hydroxyl groups is 1. The first-order valence-electron chi connectivity index (χ1n) is 6.02. The van der Waals surface area contributed by atoms with Gasteiger partial charge in [-0.2, -0.15) is 0 Å². The van der Waals surface area contributed by atoms with Crippen molar-refractivity contribution in [1.29, 1.82) is 0 Å². The normalized spacial score (nSPS) is 14.1. The number of methoxy groups -OCH3 is 1. The summed E-state index contributed by atoms with van der Waals surface area (Å²) >= 11 is 0. The summed E-state index contributed by atoms with van der Waals surface area (Å²) in [6.07, 6.45) is 0. The number of nitrogens with zero attached hydrogens (tertiary/aromatic N) is 2. The molecule has 0 aliphatic heterocycles. The Labute approximate surface area is 108 Å². The summed E-state index contributed by atoms with van der Waals surface area (Å²) in [5, 5.41) is 15.4. The molecule has 1 aromatic rings. The van der Waals surface area contributed by atoms with E-state index < -0.39 is 0 Å². The van der Waals surface area contributed by atoms with E-state index in [4.69, 9.17) is 9.84 Å². The van der Waals surface area contributed by atoms with Crippen molar-refractivity contribution in [3.8, 4) is 0 Å². The van der Waals surface area contributed by atoms with Gasteiger partial charge in [-0.1, -0.05) is 6.92 Å². The minimum absolute atomic E-state index is 0.130. The Morgan fingerprint density at radius 3 is 2.56 bits per heavy atom. The molecule has 1 heterocycles. The van der Waals surface area contributed by atoms with Gasteiger partial charge in [0, 0.05) is 32.9 Å². The van der Waals surface area contributed by atoms with E-state index in [0.29, 0.717) is 12.4 Å². The minimum Gasteiger partial charge on any atom is -0.396 e. The molecule has 6 nitrogen and oxygen atoms in total. The third-order valence-corrected chi connectivity index (χ3v) is 2.82. The van der Waals surface area contributed by atoms with Crippen LogP contribution in [0.1, 0.15) is 19.7 Å². The molecule has 0 bridgehead atoms. The van der Waals surface area contributed by atoms with Crippen LogP contribution >= 0.6 is 0 Å². The molecule has 0 saturated carbocycles. The van der Waals surface area contributed by atoms with Gasteiger partial charge in [0.05, 0.1) is 0 Å². The maximum absolute atomic E-state index is 9.12. The van der Waals surface area contributed by atoms with Crippen LogP contribution in [0.3, 0.4) is 0 Å². The summed E-state index contributed by atoms with van der Waals surface area (Å²) in [5.41, 5.74) is 0. The fourth-order valence-corrected chi connectivity index (χ4v) is 1.43. The van der Waals surface area contributed by atoms with Crippen molar-refractivity contribution in [2.45, 2.75) is 26.5 Å². The van der Waals surface area contributed by atoms with Crippen molar-refractivity contribution in [1.82, 2.24) is 9.97 Å². The van der Waals surface area contributed by atoms with Crippen molar-refractivity contribution in [2.24, 2.45) is 5.92 Å². The van der Waals surface area contributed by atoms with E-state index in [1.807, 2.05) is 27.0 Å². The van der Waals surface area contributed by atoms with Gasteiger partial charge in [-0.25, -0.2) is 9.97 Å². The average Bonchev–Trinajstić information content (AvgIpc) is 2.37. The molecule has 18 heavy (non-hydrogen) atoms. The molecule has 1 aromatic heterocycles. The highest BCUT2D eigenvalue weighted by atomic mass is 16.5. The molecule has 3 N–H and O–H groups in total. The molecule has 0 aliphatic rings. The van der Waals surface area contributed by atoms with Gasteiger partial charge < -0.3 is 20.5 Å². The van der Waals surface area contributed by atoms with Crippen LogP contribution in [0.5, 0.6) is 0 Å². The van der Waals surface area contributed by atoms with Gasteiger partial charge in [0.15, 0.2) is 5.82 Å². The number of aliphatic hydroxyl groups excluding tert-OH is 1. The van der Waals surface area contributed by atoms with Crippen LogP contribution in [0, 0.1) is 5.92 Å². The van der Waals surface area contributed by atoms with Crippen LogP contribution in [-0.4, -0.2) is 41.9 Å². The summed E-state index contributed by atoms with van der Waals surface area (Å²) in [5.74, 6) is 2.25. The van der Waals surface area contributed by atoms with Gasteiger partial charge in [-0.15, -0.1) is 0 Å². The lowest BCUT2D eigenvalue weighted by atomic mass is 10.1. The van der Waals surface area contributed by atoms with E-state index in [1.54, 1.807) is 7.11 Å². The zero-order valence-electron chi connectivity index (χ0n) is 11.4. The third kappa shape index (κ3) is 4.12. The van der Waals surface area contributed by atoms with E-state index in [9.17, 15) is 0 Å². The van der Waals surface area contributed by atoms with Crippen molar-refractivity contribution >= 4 is 11.6 Å². The molecule has 2 atom stereocenters. The summed E-state index contributed by atoms with van der Waals surface area (Å²) in [4.78, 5) is 8.64. The van der Waals surface area contributed by atoms with Crippen LogP contribution < -0.4 is 10.6 Å². The number of hydrogen-bond donors (Lipinski definition) is 3. The fraction of sp³-hybridized carbons (Fsp3) is 0.667. The first-order valence-corrected chi connectivity index (χ1v) is 6.02. The van der Waals surface area contributed by atoms with Crippen LogP contribution in [-0.2, 0) is 11.3 Å². The molecule has 0 fully saturated rings. The summed E-state index contributed by atoms with van der Waals surface area (Å²) in [6.45, 7) is 4.50. The molecule has 6 heteroatoms. The first kappa shape index (κ1) is 14.7. The maximum atomic E-state index is 9.12. The van der Waals surface area contributed by atoms with Gasteiger partial charge in [-0.05, 0) is 12.8 Å². The smallest absolute Gasteiger partial charge is 0.158 e. The van der Waals surface area contributed by atoms with Gasteiger partial charge in [0.2, 0.25) is 0 Å². The quantitative estimate of drug-likeness (QED) is 0.676. The number of nitrogens with one attached hydrogen (secondary N) is 2. The van der Waals surface area contributed by atoms with Gasteiger partial charge in [0.1, 0.15) is 18.2 Å². The van der Waals surface area contributed by atoms with Crippen LogP contribution in [0.15, 0.2) is 6.07 Å². The average molecular weight is 254 g/mol. The van der Waals surface area contributed by atoms with Crippen LogP contribution in [0.4, 0.5) is 11.6 Å². The van der Waals surface area contributed by atoms with Crippen molar-refractivity contribution in [3.63, 3.8) is 0 Å². The molecule has 0 radical (unpaired) electrons. The van der Waals surface area contributed by atoms with Crippen LogP contribution in [0.25, 0.3) is 0 Å². The minimum atomic E-state index is 0.130. The SMILES string of the molecule is CNc1cc(NC(C)C(C)CO)nc(COC)n1. The highest BCUT2D eigenvalue weighted by Crippen LogP contribution is 2.14. The Bertz CT molecular complexity index is 373. The zero-order chi connectivity index (χ0) is 13.5. The molecule has 0 spiro atoms. The second kappa shape index (κ2) is 7.13. The molecule has 1 rings (SSSR count). The topological polar surface area (TPSA) is 79.3 Å². The predicted octanol–water partition coefficient (Wildman–Crippen LogP) is 1.09. The fourth-order valence-electron chi connectivity index (χ4n) is 1.43. The van der Waals surface area contributed by atoms with Crippen LogP contribution in [0.2, 0.25) is 0 Å². The Morgan fingerprint density at radius 1 is 1.33 bits per heavy atom. The van der Waals surface area contributed by atoms with Gasteiger partial charge >= 0.3 is 0 Å². The van der Waals surface area contributed by atoms with E-state index in [1.165, 1.54) is 0 Å². The van der Waals surface area contributed by atoms with Gasteiger partial charge in [-0.3, -0.25) is 0 Å². The van der Waals surface area contributed by atoms with E-state index in [0.717, 1.165) is 11.6 Å². The number of hydrogen-bond acceptors (Lipinski definition) is 6. The number of aromatic nitrogens is 2. The second-order valence-corrected chi connectivity index (χ2v) is 4.33. The van der Waals surface area contributed by atoms with Crippen molar-refractivity contribution in [3.05, 3.63) is 11.9 Å². The molecule has 0 aromatic carbocycles. The lowest BCUT2D eigenvalue weighted by Gasteiger charge is -2.20. The lowest BCUT2D eigenvalue weighted by molar-refractivity contribution is 0.178. The molecule has 0 amide bonds. The standard InChI is InChI=1S/C12H22N4O2/c1-8(6-17)9(2)14-11-5-10(13-3)15-12(16-11)7-18-4/h5,8-9,17H,6-7H2,1-4H3,(H2,13,14,15,16). The summed E-state index contributed by atoms with van der Waals surface area (Å²) < 4.78 is 5.04. The molecule has 0 saturated heterocycles. The van der Waals surface area contributed by atoms with E-state index in [2.05, 4.69) is 20.6 Å². The molecular formula is C12H22N4O2. The highest BCUT2D eigenvalue weighted by Gasteiger charge is 2.12. The predicted molar refractivity (Wildman–Crippen MR) is 71.6 cm³/mol. The van der Waals surface area contributed by atoms with E-state index in [-0.39, 0.29) is 18.6 Å². The third-order valence-electron chi connectivity index (χ3n) is 2.82. The monoisotopic (exact) mass is 254 g/mol. The second-order valence-electron chi connectivity index (χ2n) is 4.33. The summed E-state index contributed by atoms with van der Waals surface area (Å²) in [7, 11) is 3.42. The lowest BCUT2D eigenvalue weighted by Crippen LogP contribution is -2.27. The molecule has 0 aliphatic carbocycles. The highest BCUT2D eigenvalue weighted by molar-refractivity contribution is 5.47. The van der Waals surface area contributed by atoms with Crippen molar-refractivity contribution < 1.29 is 9.84 Å². The Morgan fingerprint density at radius 2 is 2.00 bits per heavy atom. The Hall–Kier alpha value is -1.40. The largest absolute Gasteiger partial charge is 0.396 e. The Balaban J connectivity index is 2.83. The number of rotatable bonds is 7. The van der Waals surface area contributed by atoms with Crippen molar-refractivity contribution in [2.75, 3.05) is 31.4 Å². The summed E-state index contributed by atoms with van der Waals surface area (Å²) in [6, 6.07) is 1.96. The number of anilines is 2. The Kier molecular flexibility index (Phi) is 5.80.